The minimum atomic E-state index is -6.06. The molecule has 0 saturated heterocycles. The van der Waals surface area contributed by atoms with Crippen molar-refractivity contribution >= 4 is 22.8 Å². The van der Waals surface area contributed by atoms with Gasteiger partial charge in [0.25, 0.3) is 0 Å². The van der Waals surface area contributed by atoms with E-state index in [1.165, 1.54) is 24.3 Å². The smallest absolute Gasteiger partial charge is 0.419 e. The molecule has 0 bridgehead atoms. The molecule has 0 saturated carbocycles. The first-order valence-electron chi connectivity index (χ1n) is 5.65. The number of benzene rings is 1. The fourth-order valence-corrected chi connectivity index (χ4v) is 8.89. The molecule has 0 aromatic heterocycles. The summed E-state index contributed by atoms with van der Waals surface area (Å²) in [5, 5.41) is 0. The minimum Gasteiger partial charge on any atom is -0.419 e. The van der Waals surface area contributed by atoms with Crippen LogP contribution < -0.4 is 4.52 Å². The highest BCUT2D eigenvalue weighted by Crippen LogP contribution is 2.83. The summed E-state index contributed by atoms with van der Waals surface area (Å²) in [5.74, 6) is -5.81. The Balaban J connectivity index is 2.56. The normalized spacial score (nSPS) is 35.1. The van der Waals surface area contributed by atoms with Crippen LogP contribution in [0.5, 0.6) is 5.75 Å². The van der Waals surface area contributed by atoms with E-state index in [0.29, 0.717) is 6.66 Å². The third-order valence-corrected chi connectivity index (χ3v) is 9.71. The zero-order valence-electron chi connectivity index (χ0n) is 11.2. The second-order valence-corrected chi connectivity index (χ2v) is 10.9. The van der Waals surface area contributed by atoms with E-state index in [1.807, 2.05) is 0 Å². The third kappa shape index (κ3) is 3.79. The molecular formula is C9H10F6N3OP3. The Kier molecular flexibility index (Phi) is 4.35. The Bertz CT molecular complexity index is 751. The average molecular weight is 383 g/mol. The van der Waals surface area contributed by atoms with Crippen LogP contribution in [0.25, 0.3) is 0 Å². The molecule has 0 amide bonds. The zero-order chi connectivity index (χ0) is 16.8. The number of hydrogen-bond donors (Lipinski definition) is 0. The molecule has 1 aliphatic heterocycles. The van der Waals surface area contributed by atoms with Gasteiger partial charge in [0.05, 0.1) is 0 Å². The summed E-state index contributed by atoms with van der Waals surface area (Å²) >= 11 is 0. The molecule has 1 aromatic carbocycles. The van der Waals surface area contributed by atoms with E-state index in [1.54, 1.807) is 6.92 Å². The molecule has 1 heterocycles. The molecule has 4 nitrogen and oxygen atoms in total. The van der Waals surface area contributed by atoms with Gasteiger partial charge in [0, 0.05) is 6.66 Å². The highest BCUT2D eigenvalue weighted by atomic mass is 31.3. The quantitative estimate of drug-likeness (QED) is 0.386. The second-order valence-electron chi connectivity index (χ2n) is 4.45. The number of hydrogen-bond acceptors (Lipinski definition) is 4. The van der Waals surface area contributed by atoms with Crippen LogP contribution >= 0.6 is 22.8 Å². The monoisotopic (exact) mass is 383 g/mol. The van der Waals surface area contributed by atoms with Crippen LogP contribution in [0.2, 0.25) is 0 Å². The largest absolute Gasteiger partial charge is 0.472 e. The fraction of sp³-hybridized carbons (Fsp3) is 0.333. The summed E-state index contributed by atoms with van der Waals surface area (Å²) in [4.78, 5) is 0. The Labute approximate surface area is 122 Å². The summed E-state index contributed by atoms with van der Waals surface area (Å²) in [5.41, 5.74) is 0.775. The molecule has 1 aromatic rings. The first-order valence-corrected chi connectivity index (χ1v) is 10.8. The second kappa shape index (κ2) is 5.43. The van der Waals surface area contributed by atoms with Gasteiger partial charge in [-0.15, -0.1) is 13.2 Å². The Morgan fingerprint density at radius 2 is 1.50 bits per heavy atom. The summed E-state index contributed by atoms with van der Waals surface area (Å²) in [7, 11) is -15.9. The molecule has 3 unspecified atom stereocenters. The Morgan fingerprint density at radius 1 is 0.955 bits per heavy atom. The van der Waals surface area contributed by atoms with Crippen LogP contribution in [0.1, 0.15) is 5.56 Å². The van der Waals surface area contributed by atoms with E-state index in [4.69, 9.17) is 0 Å². The van der Waals surface area contributed by atoms with Crippen molar-refractivity contribution in [2.75, 3.05) is 6.66 Å². The van der Waals surface area contributed by atoms with E-state index in [0.717, 1.165) is 5.56 Å². The SMILES string of the molecule is Cc1ccc(OP2(F)=NP(F)(C(F)(F)F)=NP(C)(F)=N2)cc1. The van der Waals surface area contributed by atoms with Gasteiger partial charge in [0.2, 0.25) is 7.52 Å². The fourth-order valence-electron chi connectivity index (χ4n) is 1.49. The van der Waals surface area contributed by atoms with Gasteiger partial charge in [0.15, 0.2) is 0 Å². The van der Waals surface area contributed by atoms with Crippen molar-refractivity contribution in [2.24, 2.45) is 13.5 Å². The molecule has 0 fully saturated rings. The highest BCUT2D eigenvalue weighted by molar-refractivity contribution is 7.81. The number of nitrogens with zero attached hydrogens (tertiary/aromatic N) is 3. The predicted octanol–water partition coefficient (Wildman–Crippen LogP) is 7.45. The van der Waals surface area contributed by atoms with Gasteiger partial charge in [-0.1, -0.05) is 17.7 Å². The topological polar surface area (TPSA) is 46.3 Å². The standard InChI is InChI=1S/C9H10F6N3OP3/c1-7-3-5-8(6-4-7)19-22(15)17-20(2,13)16-21(14,18-22)9(10,11)12/h3-6H,1-2H3. The lowest BCUT2D eigenvalue weighted by molar-refractivity contribution is -0.0464. The molecule has 13 heteroatoms. The number of alkyl halides is 3. The van der Waals surface area contributed by atoms with Crippen LogP contribution in [0.3, 0.4) is 0 Å². The molecule has 3 atom stereocenters. The van der Waals surface area contributed by atoms with Gasteiger partial charge < -0.3 is 4.52 Å². The molecule has 1 aliphatic rings. The van der Waals surface area contributed by atoms with Gasteiger partial charge >= 0.3 is 21.2 Å². The minimum absolute atomic E-state index is 0.218. The molecular weight excluding hydrogens is 373 g/mol. The van der Waals surface area contributed by atoms with Crippen molar-refractivity contribution in [1.82, 2.24) is 0 Å². The first-order chi connectivity index (χ1) is 9.84. The summed E-state index contributed by atoms with van der Waals surface area (Å²) < 4.78 is 92.7. The van der Waals surface area contributed by atoms with Gasteiger partial charge in [0.1, 0.15) is 5.75 Å². The van der Waals surface area contributed by atoms with E-state index >= 15 is 0 Å². The molecule has 0 aliphatic carbocycles. The summed E-state index contributed by atoms with van der Waals surface area (Å²) in [6, 6.07) is 5.46. The molecule has 0 spiro atoms. The Hall–Kier alpha value is -0.710. The number of halogens is 6. The van der Waals surface area contributed by atoms with Crippen LogP contribution in [0, 0.1) is 6.92 Å². The molecule has 2 rings (SSSR count). The summed E-state index contributed by atoms with van der Waals surface area (Å²) in [6.07, 6.45) is 0. The predicted molar refractivity (Wildman–Crippen MR) is 75.2 cm³/mol. The van der Waals surface area contributed by atoms with E-state index in [2.05, 4.69) is 18.1 Å². The lowest BCUT2D eigenvalue weighted by Gasteiger charge is -2.23. The van der Waals surface area contributed by atoms with Crippen LogP contribution in [-0.2, 0) is 0 Å². The van der Waals surface area contributed by atoms with Gasteiger partial charge in [-0.2, -0.15) is 26.1 Å². The molecule has 0 radical (unpaired) electrons. The molecule has 22 heavy (non-hydrogen) atoms. The third-order valence-electron chi connectivity index (χ3n) is 2.35. The van der Waals surface area contributed by atoms with Gasteiger partial charge in [-0.25, -0.2) is 0 Å². The van der Waals surface area contributed by atoms with Crippen LogP contribution in [-0.4, -0.2) is 12.6 Å². The zero-order valence-corrected chi connectivity index (χ0v) is 13.9. The maximum atomic E-state index is 14.5. The van der Waals surface area contributed by atoms with Crippen molar-refractivity contribution in [3.05, 3.63) is 29.8 Å². The van der Waals surface area contributed by atoms with Crippen molar-refractivity contribution in [3.63, 3.8) is 0 Å². The van der Waals surface area contributed by atoms with Crippen molar-refractivity contribution in [1.29, 1.82) is 0 Å². The van der Waals surface area contributed by atoms with Gasteiger partial charge in [-0.05, 0) is 19.1 Å². The van der Waals surface area contributed by atoms with Crippen LogP contribution in [0.15, 0.2) is 37.8 Å². The van der Waals surface area contributed by atoms with Crippen molar-refractivity contribution in [3.8, 4) is 5.75 Å². The average Bonchev–Trinajstić information content (AvgIpc) is 2.27. The van der Waals surface area contributed by atoms with E-state index in [9.17, 15) is 25.8 Å². The van der Waals surface area contributed by atoms with Crippen LogP contribution in [0.4, 0.5) is 25.8 Å². The first kappa shape index (κ1) is 17.6. The molecule has 124 valence electrons. The Morgan fingerprint density at radius 3 is 2.00 bits per heavy atom. The number of rotatable bonds is 2. The maximum absolute atomic E-state index is 14.5. The lowest BCUT2D eigenvalue weighted by Crippen LogP contribution is -2.05. The highest BCUT2D eigenvalue weighted by Gasteiger charge is 2.55. The van der Waals surface area contributed by atoms with Gasteiger partial charge in [-0.3, -0.25) is 0 Å². The van der Waals surface area contributed by atoms with Crippen molar-refractivity contribution in [2.45, 2.75) is 12.8 Å². The number of aryl methyl sites for hydroxylation is 1. The maximum Gasteiger partial charge on any atom is 0.472 e. The van der Waals surface area contributed by atoms with E-state index in [-0.39, 0.29) is 5.75 Å². The lowest BCUT2D eigenvalue weighted by atomic mass is 10.2. The van der Waals surface area contributed by atoms with E-state index < -0.39 is 28.7 Å². The summed E-state index contributed by atoms with van der Waals surface area (Å²) in [6.45, 7) is 2.24. The molecule has 0 N–H and O–H groups in total. The van der Waals surface area contributed by atoms with Crippen molar-refractivity contribution < 1.29 is 30.3 Å².